The molecule has 0 atom stereocenters. The molecule has 0 saturated heterocycles. The third kappa shape index (κ3) is 6.79. The maximum absolute atomic E-state index is 12.2. The van der Waals surface area contributed by atoms with Crippen molar-refractivity contribution in [1.82, 2.24) is 14.9 Å². The van der Waals surface area contributed by atoms with Gasteiger partial charge in [-0.25, -0.2) is 4.98 Å². The second-order valence-corrected chi connectivity index (χ2v) is 9.20. The van der Waals surface area contributed by atoms with Gasteiger partial charge in [0.15, 0.2) is 6.61 Å². The van der Waals surface area contributed by atoms with E-state index in [1.807, 2.05) is 30.3 Å². The Bertz CT molecular complexity index is 1300. The molecule has 188 valence electrons. The van der Waals surface area contributed by atoms with Crippen LogP contribution in [0.5, 0.6) is 11.5 Å². The lowest BCUT2D eigenvalue weighted by molar-refractivity contribution is -0.123. The molecule has 0 fully saturated rings. The lowest BCUT2D eigenvalue weighted by atomic mass is 10.1. The number of imidazole rings is 1. The summed E-state index contributed by atoms with van der Waals surface area (Å²) >= 11 is 5.88. The largest absolute Gasteiger partial charge is 0.493 e. The van der Waals surface area contributed by atoms with Crippen LogP contribution in [-0.4, -0.2) is 35.2 Å². The zero-order valence-electron chi connectivity index (χ0n) is 20.8. The Kier molecular flexibility index (Phi) is 8.85. The van der Waals surface area contributed by atoms with Gasteiger partial charge in [-0.05, 0) is 80.3 Å². The number of amides is 1. The molecule has 0 unspecified atom stereocenters. The number of aryl methyl sites for hydroxylation is 2. The van der Waals surface area contributed by atoms with E-state index in [1.165, 1.54) is 11.1 Å². The number of para-hydroxylation sites is 2. The number of carbonyl (C=O) groups excluding carboxylic acids is 1. The number of hydrogen-bond acceptors (Lipinski definition) is 4. The number of nitrogens with zero attached hydrogens (tertiary/aromatic N) is 2. The van der Waals surface area contributed by atoms with Crippen LogP contribution in [0.2, 0.25) is 5.02 Å². The fraction of sp³-hybridized carbons (Fsp3) is 0.310. The molecule has 36 heavy (non-hydrogen) atoms. The zero-order valence-corrected chi connectivity index (χ0v) is 21.6. The summed E-state index contributed by atoms with van der Waals surface area (Å²) in [6.07, 6.45) is 2.55. The van der Waals surface area contributed by atoms with Crippen LogP contribution in [-0.2, 0) is 17.8 Å². The zero-order chi connectivity index (χ0) is 25.3. The Morgan fingerprint density at radius 1 is 0.972 bits per heavy atom. The normalized spacial score (nSPS) is 11.0. The van der Waals surface area contributed by atoms with Crippen molar-refractivity contribution in [1.29, 1.82) is 0 Å². The van der Waals surface area contributed by atoms with Gasteiger partial charge < -0.3 is 19.4 Å². The molecule has 4 rings (SSSR count). The number of halogens is 1. The van der Waals surface area contributed by atoms with E-state index in [0.29, 0.717) is 30.3 Å². The first kappa shape index (κ1) is 25.6. The van der Waals surface area contributed by atoms with Crippen molar-refractivity contribution in [2.45, 2.75) is 39.7 Å². The van der Waals surface area contributed by atoms with Gasteiger partial charge in [-0.15, -0.1) is 0 Å². The van der Waals surface area contributed by atoms with Gasteiger partial charge in [-0.1, -0.05) is 35.9 Å². The Balaban J connectivity index is 1.27. The van der Waals surface area contributed by atoms with E-state index in [1.54, 1.807) is 24.3 Å². The minimum atomic E-state index is -0.170. The number of carbonyl (C=O) groups is 1. The highest BCUT2D eigenvalue weighted by molar-refractivity contribution is 6.30. The summed E-state index contributed by atoms with van der Waals surface area (Å²) in [5, 5.41) is 3.55. The van der Waals surface area contributed by atoms with Crippen LogP contribution in [0.4, 0.5) is 0 Å². The number of unbranched alkanes of at least 4 members (excludes halogenated alkanes) is 1. The average molecular weight is 506 g/mol. The molecule has 0 aliphatic rings. The molecule has 7 heteroatoms. The molecule has 0 spiro atoms. The maximum atomic E-state index is 12.2. The molecular weight excluding hydrogens is 474 g/mol. The molecule has 0 aliphatic carbocycles. The van der Waals surface area contributed by atoms with Crippen LogP contribution in [0.3, 0.4) is 0 Å². The molecule has 3 aromatic carbocycles. The molecule has 6 nitrogen and oxygen atoms in total. The summed E-state index contributed by atoms with van der Waals surface area (Å²) in [6, 6.07) is 21.3. The van der Waals surface area contributed by atoms with Crippen molar-refractivity contribution in [2.24, 2.45) is 0 Å². The van der Waals surface area contributed by atoms with Gasteiger partial charge in [0.25, 0.3) is 5.91 Å². The Hall–Kier alpha value is -3.51. The highest BCUT2D eigenvalue weighted by Gasteiger charge is 2.11. The standard InChI is InChI=1S/C29H32ClN3O3/c1-21-8-7-11-27(22(21)2)35-19-6-5-18-33-26-10-4-3-9-25(26)32-28(33)16-17-31-29(34)20-36-24-14-12-23(30)13-15-24/h3-4,7-15H,5-6,16-20H2,1-2H3,(H,31,34). The predicted octanol–water partition coefficient (Wildman–Crippen LogP) is 5.90. The summed E-state index contributed by atoms with van der Waals surface area (Å²) < 4.78 is 13.8. The Morgan fingerprint density at radius 3 is 2.61 bits per heavy atom. The molecule has 1 aromatic heterocycles. The van der Waals surface area contributed by atoms with Gasteiger partial charge in [0.2, 0.25) is 0 Å². The number of ether oxygens (including phenoxy) is 2. The second kappa shape index (κ2) is 12.5. The van der Waals surface area contributed by atoms with Gasteiger partial charge in [-0.2, -0.15) is 0 Å². The van der Waals surface area contributed by atoms with Crippen molar-refractivity contribution in [3.05, 3.63) is 88.7 Å². The fourth-order valence-corrected chi connectivity index (χ4v) is 4.17. The summed E-state index contributed by atoms with van der Waals surface area (Å²) in [5.41, 5.74) is 4.52. The van der Waals surface area contributed by atoms with E-state index in [0.717, 1.165) is 42.0 Å². The van der Waals surface area contributed by atoms with Crippen molar-refractivity contribution in [3.63, 3.8) is 0 Å². The SMILES string of the molecule is Cc1cccc(OCCCCn2c(CCNC(=O)COc3ccc(Cl)cc3)nc3ccccc32)c1C. The third-order valence-corrected chi connectivity index (χ3v) is 6.43. The molecule has 4 aromatic rings. The van der Waals surface area contributed by atoms with Gasteiger partial charge >= 0.3 is 0 Å². The summed E-state index contributed by atoms with van der Waals surface area (Å²) in [5.74, 6) is 2.36. The molecule has 0 aliphatic heterocycles. The van der Waals surface area contributed by atoms with Crippen LogP contribution in [0.15, 0.2) is 66.7 Å². The van der Waals surface area contributed by atoms with E-state index in [2.05, 4.69) is 35.9 Å². The second-order valence-electron chi connectivity index (χ2n) is 8.76. The predicted molar refractivity (Wildman–Crippen MR) is 144 cm³/mol. The van der Waals surface area contributed by atoms with Gasteiger partial charge in [0.05, 0.1) is 17.6 Å². The van der Waals surface area contributed by atoms with Gasteiger partial charge in [0.1, 0.15) is 17.3 Å². The van der Waals surface area contributed by atoms with Crippen molar-refractivity contribution < 1.29 is 14.3 Å². The molecule has 1 N–H and O–H groups in total. The lowest BCUT2D eigenvalue weighted by Crippen LogP contribution is -2.31. The van der Waals surface area contributed by atoms with E-state index in [-0.39, 0.29) is 12.5 Å². The first-order valence-electron chi connectivity index (χ1n) is 12.3. The average Bonchev–Trinajstić information content (AvgIpc) is 3.23. The topological polar surface area (TPSA) is 65.4 Å². The van der Waals surface area contributed by atoms with Crippen molar-refractivity contribution >= 4 is 28.5 Å². The maximum Gasteiger partial charge on any atom is 0.257 e. The monoisotopic (exact) mass is 505 g/mol. The quantitative estimate of drug-likeness (QED) is 0.243. The number of rotatable bonds is 12. The molecule has 1 amide bonds. The lowest BCUT2D eigenvalue weighted by Gasteiger charge is -2.12. The van der Waals surface area contributed by atoms with Crippen molar-refractivity contribution in [2.75, 3.05) is 19.8 Å². The van der Waals surface area contributed by atoms with E-state index >= 15 is 0 Å². The molecule has 0 saturated carbocycles. The highest BCUT2D eigenvalue weighted by Crippen LogP contribution is 2.21. The van der Waals surface area contributed by atoms with Crippen molar-refractivity contribution in [3.8, 4) is 11.5 Å². The number of nitrogens with one attached hydrogen (secondary N) is 1. The third-order valence-electron chi connectivity index (χ3n) is 6.18. The van der Waals surface area contributed by atoms with Crippen LogP contribution < -0.4 is 14.8 Å². The van der Waals surface area contributed by atoms with Crippen LogP contribution in [0.1, 0.15) is 29.8 Å². The summed E-state index contributed by atoms with van der Waals surface area (Å²) in [7, 11) is 0. The first-order valence-corrected chi connectivity index (χ1v) is 12.7. The number of fused-ring (bicyclic) bond motifs is 1. The molecular formula is C29H32ClN3O3. The minimum absolute atomic E-state index is 0.0432. The number of benzene rings is 3. The highest BCUT2D eigenvalue weighted by atomic mass is 35.5. The first-order chi connectivity index (χ1) is 17.5. The van der Waals surface area contributed by atoms with E-state index in [4.69, 9.17) is 26.1 Å². The molecule has 1 heterocycles. The van der Waals surface area contributed by atoms with Gasteiger partial charge in [-0.3, -0.25) is 4.79 Å². The Labute approximate surface area is 217 Å². The van der Waals surface area contributed by atoms with Crippen LogP contribution in [0.25, 0.3) is 11.0 Å². The fourth-order valence-electron chi connectivity index (χ4n) is 4.04. The Morgan fingerprint density at radius 2 is 1.78 bits per heavy atom. The molecule has 0 bridgehead atoms. The van der Waals surface area contributed by atoms with E-state index < -0.39 is 0 Å². The number of hydrogen-bond donors (Lipinski definition) is 1. The molecule has 0 radical (unpaired) electrons. The number of aromatic nitrogens is 2. The minimum Gasteiger partial charge on any atom is -0.493 e. The van der Waals surface area contributed by atoms with Crippen LogP contribution >= 0.6 is 11.6 Å². The van der Waals surface area contributed by atoms with Gasteiger partial charge in [0, 0.05) is 24.5 Å². The summed E-state index contributed by atoms with van der Waals surface area (Å²) in [6.45, 7) is 6.16. The summed E-state index contributed by atoms with van der Waals surface area (Å²) in [4.78, 5) is 17.0. The van der Waals surface area contributed by atoms with E-state index in [9.17, 15) is 4.79 Å². The smallest absolute Gasteiger partial charge is 0.257 e. The van der Waals surface area contributed by atoms with Crippen LogP contribution in [0, 0.1) is 13.8 Å².